The third kappa shape index (κ3) is 8.38. The summed E-state index contributed by atoms with van der Waals surface area (Å²) < 4.78 is 6.18. The fraction of sp³-hybridized carbons (Fsp3) is 0.818. The molecule has 0 heterocycles. The van der Waals surface area contributed by atoms with Gasteiger partial charge in [-0.2, -0.15) is 0 Å². The summed E-state index contributed by atoms with van der Waals surface area (Å²) in [6.45, 7) is 2.38. The zero-order valence-electron chi connectivity index (χ0n) is 10.5. The van der Waals surface area contributed by atoms with Gasteiger partial charge in [0.25, 0.3) is 0 Å². The van der Waals surface area contributed by atoms with Gasteiger partial charge in [0.05, 0.1) is 33.7 Å². The molecule has 0 aromatic carbocycles. The number of aldehydes is 1. The van der Waals surface area contributed by atoms with Gasteiger partial charge in [-0.3, -0.25) is 4.79 Å². The minimum atomic E-state index is -0.878. The number of carboxylic acids is 1. The summed E-state index contributed by atoms with van der Waals surface area (Å²) in [5.41, 5.74) is 0. The number of ether oxygens (including phenoxy) is 1. The highest BCUT2D eigenvalue weighted by Gasteiger charge is 2.23. The standard InChI is InChI=1S/C11H21NO4/c1-9(5-6-13)16-10(7-11(14)15)8-12(2,3)4/h6,9-10H,5,7-8H2,1-4H3/p+1/t9?,10-/m1/s1. The molecule has 0 aliphatic heterocycles. The molecule has 0 amide bonds. The first kappa shape index (κ1) is 15.1. The van der Waals surface area contributed by atoms with E-state index in [-0.39, 0.29) is 18.6 Å². The van der Waals surface area contributed by atoms with E-state index in [4.69, 9.17) is 9.84 Å². The van der Waals surface area contributed by atoms with E-state index in [0.717, 1.165) is 6.29 Å². The van der Waals surface area contributed by atoms with E-state index in [9.17, 15) is 9.59 Å². The highest BCUT2D eigenvalue weighted by Crippen LogP contribution is 2.09. The number of likely N-dealkylation sites (N-methyl/N-ethyl adjacent to an activating group) is 1. The minimum absolute atomic E-state index is 0.0291. The Kier molecular flexibility index (Phi) is 6.21. The molecular formula is C11H22NO4+. The van der Waals surface area contributed by atoms with Crippen LogP contribution in [0.1, 0.15) is 19.8 Å². The first-order valence-electron chi connectivity index (χ1n) is 5.36. The smallest absolute Gasteiger partial charge is 0.306 e. The second-order valence-corrected chi connectivity index (χ2v) is 5.04. The van der Waals surface area contributed by atoms with Gasteiger partial charge in [-0.05, 0) is 6.92 Å². The molecule has 1 unspecified atom stereocenters. The van der Waals surface area contributed by atoms with Gasteiger partial charge in [0.15, 0.2) is 0 Å². The van der Waals surface area contributed by atoms with E-state index in [1.165, 1.54) is 0 Å². The van der Waals surface area contributed by atoms with Gasteiger partial charge in [0, 0.05) is 6.42 Å². The molecule has 5 nitrogen and oxygen atoms in total. The van der Waals surface area contributed by atoms with Crippen molar-refractivity contribution in [2.45, 2.75) is 32.0 Å². The molecule has 0 spiro atoms. The van der Waals surface area contributed by atoms with Crippen LogP contribution in [0.5, 0.6) is 0 Å². The minimum Gasteiger partial charge on any atom is -0.481 e. The van der Waals surface area contributed by atoms with Crippen molar-refractivity contribution in [3.8, 4) is 0 Å². The molecule has 5 heteroatoms. The average molecular weight is 232 g/mol. The number of hydrogen-bond acceptors (Lipinski definition) is 3. The fourth-order valence-electron chi connectivity index (χ4n) is 1.48. The lowest BCUT2D eigenvalue weighted by molar-refractivity contribution is -0.873. The predicted molar refractivity (Wildman–Crippen MR) is 60.2 cm³/mol. The molecular weight excluding hydrogens is 210 g/mol. The van der Waals surface area contributed by atoms with Crippen molar-refractivity contribution in [2.24, 2.45) is 0 Å². The van der Waals surface area contributed by atoms with Crippen LogP contribution in [0, 0.1) is 0 Å². The molecule has 16 heavy (non-hydrogen) atoms. The molecule has 0 bridgehead atoms. The SMILES string of the molecule is CC(CC=O)O[C@H](CC(=O)O)C[N+](C)(C)C. The predicted octanol–water partition coefficient (Wildman–Crippen LogP) is 0.530. The quantitative estimate of drug-likeness (QED) is 0.490. The Morgan fingerprint density at radius 1 is 1.44 bits per heavy atom. The van der Waals surface area contributed by atoms with Crippen LogP contribution in [0.15, 0.2) is 0 Å². The zero-order valence-corrected chi connectivity index (χ0v) is 10.5. The van der Waals surface area contributed by atoms with Gasteiger partial charge < -0.3 is 19.1 Å². The highest BCUT2D eigenvalue weighted by atomic mass is 16.5. The van der Waals surface area contributed by atoms with Crippen LogP contribution in [-0.2, 0) is 14.3 Å². The summed E-state index contributed by atoms with van der Waals surface area (Å²) in [5, 5.41) is 8.77. The third-order valence-electron chi connectivity index (χ3n) is 2.01. The van der Waals surface area contributed by atoms with Crippen LogP contribution in [0.4, 0.5) is 0 Å². The molecule has 2 atom stereocenters. The van der Waals surface area contributed by atoms with Gasteiger partial charge in [0.1, 0.15) is 18.9 Å². The second kappa shape index (κ2) is 6.60. The Hall–Kier alpha value is -0.940. The van der Waals surface area contributed by atoms with Crippen LogP contribution in [0.2, 0.25) is 0 Å². The third-order valence-corrected chi connectivity index (χ3v) is 2.01. The number of hydrogen-bond donors (Lipinski definition) is 1. The molecule has 1 N–H and O–H groups in total. The van der Waals surface area contributed by atoms with Gasteiger partial charge in [-0.15, -0.1) is 0 Å². The molecule has 0 radical (unpaired) electrons. The van der Waals surface area contributed by atoms with Crippen molar-refractivity contribution in [3.05, 3.63) is 0 Å². The van der Waals surface area contributed by atoms with E-state index in [1.54, 1.807) is 6.92 Å². The fourth-order valence-corrected chi connectivity index (χ4v) is 1.48. The number of nitrogens with zero attached hydrogens (tertiary/aromatic N) is 1. The van der Waals surface area contributed by atoms with Gasteiger partial charge >= 0.3 is 5.97 Å². The summed E-state index contributed by atoms with van der Waals surface area (Å²) >= 11 is 0. The van der Waals surface area contributed by atoms with Gasteiger partial charge in [-0.1, -0.05) is 0 Å². The normalized spacial score (nSPS) is 15.5. The van der Waals surface area contributed by atoms with E-state index < -0.39 is 5.97 Å². The van der Waals surface area contributed by atoms with Crippen LogP contribution >= 0.6 is 0 Å². The second-order valence-electron chi connectivity index (χ2n) is 5.04. The summed E-state index contributed by atoms with van der Waals surface area (Å²) in [6.07, 6.45) is 0.473. The number of carbonyl (C=O) groups excluding carboxylic acids is 1. The number of rotatable bonds is 8. The van der Waals surface area contributed by atoms with Crippen molar-refractivity contribution in [1.29, 1.82) is 0 Å². The first-order valence-corrected chi connectivity index (χ1v) is 5.36. The monoisotopic (exact) mass is 232 g/mol. The topological polar surface area (TPSA) is 63.6 Å². The van der Waals surface area contributed by atoms with Crippen LogP contribution in [-0.4, -0.2) is 61.7 Å². The first-order chi connectivity index (χ1) is 7.24. The zero-order chi connectivity index (χ0) is 12.8. The summed E-state index contributed by atoms with van der Waals surface area (Å²) in [4.78, 5) is 21.0. The van der Waals surface area contributed by atoms with E-state index >= 15 is 0 Å². The molecule has 0 aromatic heterocycles. The van der Waals surface area contributed by atoms with E-state index in [1.807, 2.05) is 21.1 Å². The molecule has 0 aliphatic carbocycles. The number of carbonyl (C=O) groups is 2. The molecule has 0 saturated carbocycles. The number of carboxylic acid groups (broad SMARTS) is 1. The van der Waals surface area contributed by atoms with E-state index in [2.05, 4.69) is 0 Å². The van der Waals surface area contributed by atoms with Crippen LogP contribution < -0.4 is 0 Å². The molecule has 0 fully saturated rings. The summed E-state index contributed by atoms with van der Waals surface area (Å²) in [5.74, 6) is -0.878. The lowest BCUT2D eigenvalue weighted by Crippen LogP contribution is -2.44. The molecule has 0 aliphatic rings. The molecule has 94 valence electrons. The summed E-state index contributed by atoms with van der Waals surface area (Å²) in [7, 11) is 5.92. The lowest BCUT2D eigenvalue weighted by atomic mass is 10.2. The maximum absolute atomic E-state index is 10.7. The highest BCUT2D eigenvalue weighted by molar-refractivity contribution is 5.67. The number of aliphatic carboxylic acids is 1. The van der Waals surface area contributed by atoms with Crippen molar-refractivity contribution in [1.82, 2.24) is 0 Å². The van der Waals surface area contributed by atoms with E-state index in [0.29, 0.717) is 17.4 Å². The number of quaternary nitrogens is 1. The van der Waals surface area contributed by atoms with Crippen molar-refractivity contribution in [3.63, 3.8) is 0 Å². The molecule has 0 rings (SSSR count). The Labute approximate surface area is 96.6 Å². The lowest BCUT2D eigenvalue weighted by Gasteiger charge is -2.29. The van der Waals surface area contributed by atoms with Gasteiger partial charge in [-0.25, -0.2) is 0 Å². The maximum atomic E-state index is 10.7. The van der Waals surface area contributed by atoms with Crippen molar-refractivity contribution >= 4 is 12.3 Å². The summed E-state index contributed by atoms with van der Waals surface area (Å²) in [6, 6.07) is 0. The maximum Gasteiger partial charge on any atom is 0.306 e. The Morgan fingerprint density at radius 3 is 2.38 bits per heavy atom. The van der Waals surface area contributed by atoms with Gasteiger partial charge in [0.2, 0.25) is 0 Å². The van der Waals surface area contributed by atoms with Crippen molar-refractivity contribution < 1.29 is 23.9 Å². The van der Waals surface area contributed by atoms with Crippen LogP contribution in [0.3, 0.4) is 0 Å². The Bertz CT molecular complexity index is 235. The van der Waals surface area contributed by atoms with Crippen molar-refractivity contribution in [2.75, 3.05) is 27.7 Å². The van der Waals surface area contributed by atoms with Crippen LogP contribution in [0.25, 0.3) is 0 Å². The Balaban J connectivity index is 4.30. The molecule has 0 saturated heterocycles. The largest absolute Gasteiger partial charge is 0.481 e. The average Bonchev–Trinajstić information content (AvgIpc) is 1.98. The Morgan fingerprint density at radius 2 is 2.00 bits per heavy atom. The molecule has 0 aromatic rings.